The Balaban J connectivity index is 2.77. The molecule has 0 aliphatic heterocycles. The van der Waals surface area contributed by atoms with Crippen LogP contribution >= 0.6 is 0 Å². The van der Waals surface area contributed by atoms with Crippen LogP contribution in [0, 0.1) is 0 Å². The molecular formula is C18H25N5O7. The molecule has 0 spiro atoms. The van der Waals surface area contributed by atoms with Crippen LogP contribution in [0.2, 0.25) is 0 Å². The number of aliphatic hydroxyl groups is 1. The third kappa shape index (κ3) is 8.67. The topological polar surface area (TPSA) is 214 Å². The minimum Gasteiger partial charge on any atom is -0.480 e. The van der Waals surface area contributed by atoms with Gasteiger partial charge in [0.15, 0.2) is 0 Å². The molecule has 30 heavy (non-hydrogen) atoms. The molecule has 4 amide bonds. The fourth-order valence-corrected chi connectivity index (χ4v) is 2.37. The summed E-state index contributed by atoms with van der Waals surface area (Å²) in [4.78, 5) is 58.2. The number of nitrogens with one attached hydrogen (secondary N) is 3. The van der Waals surface area contributed by atoms with Gasteiger partial charge in [-0.25, -0.2) is 4.79 Å². The van der Waals surface area contributed by atoms with E-state index >= 15 is 0 Å². The predicted octanol–water partition coefficient (Wildman–Crippen LogP) is -3.41. The quantitative estimate of drug-likeness (QED) is 0.179. The van der Waals surface area contributed by atoms with Crippen LogP contribution in [0.4, 0.5) is 0 Å². The van der Waals surface area contributed by atoms with Crippen LogP contribution in [0.15, 0.2) is 30.3 Å². The highest BCUT2D eigenvalue weighted by molar-refractivity contribution is 5.93. The van der Waals surface area contributed by atoms with E-state index in [9.17, 15) is 24.0 Å². The Morgan fingerprint density at radius 1 is 0.967 bits per heavy atom. The van der Waals surface area contributed by atoms with E-state index in [0.29, 0.717) is 5.56 Å². The lowest BCUT2D eigenvalue weighted by Gasteiger charge is -2.21. The second-order valence-corrected chi connectivity index (χ2v) is 6.39. The number of carbonyl (C=O) groups is 5. The number of hydrogen-bond acceptors (Lipinski definition) is 7. The number of aliphatic hydroxyl groups excluding tert-OH is 1. The minimum atomic E-state index is -1.54. The maximum Gasteiger partial charge on any atom is 0.328 e. The Kier molecular flexibility index (Phi) is 9.92. The molecule has 3 atom stereocenters. The van der Waals surface area contributed by atoms with Crippen LogP contribution in [0.3, 0.4) is 0 Å². The summed E-state index contributed by atoms with van der Waals surface area (Å²) in [7, 11) is 0. The van der Waals surface area contributed by atoms with Gasteiger partial charge in [0.1, 0.15) is 12.1 Å². The van der Waals surface area contributed by atoms with Crippen molar-refractivity contribution in [2.45, 2.75) is 31.0 Å². The van der Waals surface area contributed by atoms with E-state index in [1.807, 2.05) is 0 Å². The van der Waals surface area contributed by atoms with Gasteiger partial charge in [-0.3, -0.25) is 19.2 Å². The van der Waals surface area contributed by atoms with Crippen LogP contribution in [0.1, 0.15) is 12.0 Å². The van der Waals surface area contributed by atoms with Crippen molar-refractivity contribution in [1.29, 1.82) is 0 Å². The average Bonchev–Trinajstić information content (AvgIpc) is 2.69. The normalized spacial score (nSPS) is 13.4. The lowest BCUT2D eigenvalue weighted by molar-refractivity contribution is -0.143. The molecule has 12 heteroatoms. The number of nitrogens with two attached hydrogens (primary N) is 2. The summed E-state index contributed by atoms with van der Waals surface area (Å²) < 4.78 is 0. The van der Waals surface area contributed by atoms with Gasteiger partial charge >= 0.3 is 5.97 Å². The zero-order valence-electron chi connectivity index (χ0n) is 16.0. The number of aliphatic carboxylic acids is 1. The number of carboxylic acid groups (broad SMARTS) is 1. The third-order valence-corrected chi connectivity index (χ3v) is 3.91. The minimum absolute atomic E-state index is 0.0331. The third-order valence-electron chi connectivity index (χ3n) is 3.91. The standard InChI is InChI=1S/C18H25N5O7/c19-11(7-14(20)25)16(27)21-8-15(26)22-12(6-10-4-2-1-3-5-10)17(28)23-13(9-24)18(29)30/h1-5,11-13,24H,6-9,19H2,(H2,20,25)(H,21,27)(H,22,26)(H,23,28)(H,29,30). The monoisotopic (exact) mass is 423 g/mol. The Morgan fingerprint density at radius 3 is 2.13 bits per heavy atom. The molecule has 0 heterocycles. The summed E-state index contributed by atoms with van der Waals surface area (Å²) in [6.07, 6.45) is -0.366. The molecule has 9 N–H and O–H groups in total. The number of primary amides is 1. The first-order valence-electron chi connectivity index (χ1n) is 8.93. The maximum absolute atomic E-state index is 12.5. The molecule has 164 valence electrons. The van der Waals surface area contributed by atoms with E-state index < -0.39 is 67.3 Å². The highest BCUT2D eigenvalue weighted by Gasteiger charge is 2.26. The summed E-state index contributed by atoms with van der Waals surface area (Å²) in [5, 5.41) is 24.8. The first-order valence-corrected chi connectivity index (χ1v) is 8.93. The van der Waals surface area contributed by atoms with Crippen molar-refractivity contribution in [2.24, 2.45) is 11.5 Å². The first kappa shape index (κ1) is 24.5. The van der Waals surface area contributed by atoms with Gasteiger partial charge in [-0.15, -0.1) is 0 Å². The van der Waals surface area contributed by atoms with E-state index in [1.54, 1.807) is 30.3 Å². The molecule has 0 aliphatic carbocycles. The van der Waals surface area contributed by atoms with Crippen molar-refractivity contribution in [3.05, 3.63) is 35.9 Å². The van der Waals surface area contributed by atoms with Crippen molar-refractivity contribution in [3.8, 4) is 0 Å². The maximum atomic E-state index is 12.5. The predicted molar refractivity (Wildman–Crippen MR) is 104 cm³/mol. The van der Waals surface area contributed by atoms with Crippen molar-refractivity contribution >= 4 is 29.6 Å². The Labute approximate surface area is 172 Å². The van der Waals surface area contributed by atoms with E-state index in [2.05, 4.69) is 16.0 Å². The molecule has 0 bridgehead atoms. The van der Waals surface area contributed by atoms with Crippen molar-refractivity contribution in [3.63, 3.8) is 0 Å². The molecule has 0 saturated carbocycles. The van der Waals surface area contributed by atoms with Crippen molar-refractivity contribution in [2.75, 3.05) is 13.2 Å². The van der Waals surface area contributed by atoms with Gasteiger partial charge in [0, 0.05) is 6.42 Å². The highest BCUT2D eigenvalue weighted by atomic mass is 16.4. The Hall–Kier alpha value is -3.51. The van der Waals surface area contributed by atoms with Gasteiger partial charge in [0.25, 0.3) is 0 Å². The molecule has 0 saturated heterocycles. The van der Waals surface area contributed by atoms with Gasteiger partial charge in [-0.05, 0) is 5.56 Å². The summed E-state index contributed by atoms with van der Waals surface area (Å²) in [5.74, 6) is -4.57. The fraction of sp³-hybridized carbons (Fsp3) is 0.389. The summed E-state index contributed by atoms with van der Waals surface area (Å²) in [6, 6.07) is 4.67. The molecule has 12 nitrogen and oxygen atoms in total. The van der Waals surface area contributed by atoms with Crippen LogP contribution in [0.25, 0.3) is 0 Å². The molecular weight excluding hydrogens is 398 g/mol. The van der Waals surface area contributed by atoms with Gasteiger partial charge in [-0.1, -0.05) is 30.3 Å². The lowest BCUT2D eigenvalue weighted by atomic mass is 10.0. The number of amides is 4. The van der Waals surface area contributed by atoms with E-state index in [-0.39, 0.29) is 6.42 Å². The van der Waals surface area contributed by atoms with E-state index in [1.165, 1.54) is 0 Å². The number of carboxylic acids is 1. The van der Waals surface area contributed by atoms with Crippen molar-refractivity contribution in [1.82, 2.24) is 16.0 Å². The number of benzene rings is 1. The molecule has 0 fully saturated rings. The summed E-state index contributed by atoms with van der Waals surface area (Å²) in [6.45, 7) is -1.37. The van der Waals surface area contributed by atoms with Gasteiger partial charge < -0.3 is 37.6 Å². The van der Waals surface area contributed by atoms with Gasteiger partial charge in [0.2, 0.25) is 23.6 Å². The molecule has 1 aromatic rings. The van der Waals surface area contributed by atoms with Crippen LogP contribution in [0.5, 0.6) is 0 Å². The molecule has 0 aromatic heterocycles. The average molecular weight is 423 g/mol. The zero-order chi connectivity index (χ0) is 22.7. The molecule has 3 unspecified atom stereocenters. The lowest BCUT2D eigenvalue weighted by Crippen LogP contribution is -2.55. The van der Waals surface area contributed by atoms with E-state index in [0.717, 1.165) is 0 Å². The van der Waals surface area contributed by atoms with Crippen LogP contribution in [-0.2, 0) is 30.4 Å². The molecule has 0 aliphatic rings. The smallest absolute Gasteiger partial charge is 0.328 e. The zero-order valence-corrected chi connectivity index (χ0v) is 16.0. The molecule has 0 radical (unpaired) electrons. The molecule has 1 aromatic carbocycles. The van der Waals surface area contributed by atoms with Gasteiger partial charge in [0.05, 0.1) is 25.6 Å². The van der Waals surface area contributed by atoms with Crippen LogP contribution in [-0.4, -0.2) is 71.1 Å². The Morgan fingerprint density at radius 2 is 1.60 bits per heavy atom. The van der Waals surface area contributed by atoms with E-state index in [4.69, 9.17) is 21.7 Å². The van der Waals surface area contributed by atoms with Gasteiger partial charge in [-0.2, -0.15) is 0 Å². The number of rotatable bonds is 12. The molecule has 1 rings (SSSR count). The van der Waals surface area contributed by atoms with Crippen molar-refractivity contribution < 1.29 is 34.2 Å². The number of carbonyl (C=O) groups excluding carboxylic acids is 4. The second kappa shape index (κ2) is 12.1. The Bertz CT molecular complexity index is 771. The fourth-order valence-electron chi connectivity index (χ4n) is 2.37. The SMILES string of the molecule is NC(=O)CC(N)C(=O)NCC(=O)NC(Cc1ccccc1)C(=O)NC(CO)C(=O)O. The van der Waals surface area contributed by atoms with Crippen LogP contribution < -0.4 is 27.4 Å². The second-order valence-electron chi connectivity index (χ2n) is 6.39. The largest absolute Gasteiger partial charge is 0.480 e. The number of hydrogen-bond donors (Lipinski definition) is 7. The summed E-state index contributed by atoms with van der Waals surface area (Å²) >= 11 is 0. The highest BCUT2D eigenvalue weighted by Crippen LogP contribution is 2.04. The first-order chi connectivity index (χ1) is 14.1. The summed E-state index contributed by atoms with van der Waals surface area (Å²) in [5.41, 5.74) is 11.1.